The fourth-order valence-electron chi connectivity index (χ4n) is 2.31. The molecule has 2 atom stereocenters. The molecule has 0 bridgehead atoms. The van der Waals surface area contributed by atoms with Crippen LogP contribution in [0.3, 0.4) is 0 Å². The molecule has 20 heavy (non-hydrogen) atoms. The van der Waals surface area contributed by atoms with Crippen molar-refractivity contribution < 1.29 is 4.42 Å². The lowest BCUT2D eigenvalue weighted by Crippen LogP contribution is -2.12. The minimum atomic E-state index is 0.170. The maximum atomic E-state index is 5.84. The van der Waals surface area contributed by atoms with Gasteiger partial charge in [0.2, 0.25) is 11.8 Å². The van der Waals surface area contributed by atoms with Gasteiger partial charge in [0.1, 0.15) is 0 Å². The average Bonchev–Trinajstić information content (AvgIpc) is 2.94. The van der Waals surface area contributed by atoms with Crippen LogP contribution < -0.4 is 5.32 Å². The quantitative estimate of drug-likeness (QED) is 0.840. The second-order valence-electron chi connectivity index (χ2n) is 5.09. The van der Waals surface area contributed by atoms with E-state index in [1.165, 1.54) is 5.56 Å². The van der Waals surface area contributed by atoms with Crippen molar-refractivity contribution in [2.24, 2.45) is 5.92 Å². The third-order valence-electron chi connectivity index (χ3n) is 3.65. The lowest BCUT2D eigenvalue weighted by Gasteiger charge is -2.19. The van der Waals surface area contributed by atoms with Gasteiger partial charge in [0.25, 0.3) is 0 Å². The first-order chi connectivity index (χ1) is 9.76. The Morgan fingerprint density at radius 3 is 2.55 bits per heavy atom. The molecular formula is C16H23N3O. The molecule has 2 rings (SSSR count). The van der Waals surface area contributed by atoms with Gasteiger partial charge in [-0.2, -0.15) is 0 Å². The fourth-order valence-corrected chi connectivity index (χ4v) is 2.31. The summed E-state index contributed by atoms with van der Waals surface area (Å²) in [6.45, 7) is 8.00. The Balaban J connectivity index is 2.25. The van der Waals surface area contributed by atoms with Gasteiger partial charge in [-0.15, -0.1) is 10.2 Å². The molecule has 0 radical (unpaired) electrons. The van der Waals surface area contributed by atoms with Crippen molar-refractivity contribution in [2.45, 2.75) is 39.7 Å². The zero-order valence-electron chi connectivity index (χ0n) is 12.5. The second-order valence-corrected chi connectivity index (χ2v) is 5.09. The van der Waals surface area contributed by atoms with Gasteiger partial charge in [-0.3, -0.25) is 0 Å². The van der Waals surface area contributed by atoms with Gasteiger partial charge in [0.15, 0.2) is 0 Å². The van der Waals surface area contributed by atoms with Crippen LogP contribution in [0.4, 0.5) is 0 Å². The number of nitrogens with one attached hydrogen (secondary N) is 1. The highest BCUT2D eigenvalue weighted by molar-refractivity contribution is 5.25. The molecule has 0 spiro atoms. The summed E-state index contributed by atoms with van der Waals surface area (Å²) in [4.78, 5) is 0. The Morgan fingerprint density at radius 1 is 1.15 bits per heavy atom. The Hall–Kier alpha value is -1.68. The van der Waals surface area contributed by atoms with Crippen molar-refractivity contribution in [3.63, 3.8) is 0 Å². The number of benzene rings is 1. The van der Waals surface area contributed by atoms with Crippen LogP contribution in [0.25, 0.3) is 0 Å². The van der Waals surface area contributed by atoms with E-state index < -0.39 is 0 Å². The Labute approximate surface area is 120 Å². The molecule has 0 saturated carbocycles. The molecule has 1 aromatic heterocycles. The molecule has 0 amide bonds. The summed E-state index contributed by atoms with van der Waals surface area (Å²) in [5.74, 6) is 2.01. The molecule has 4 heteroatoms. The number of rotatable bonds is 7. The Morgan fingerprint density at radius 2 is 1.90 bits per heavy atom. The smallest absolute Gasteiger partial charge is 0.230 e. The van der Waals surface area contributed by atoms with Crippen LogP contribution in [0.15, 0.2) is 34.7 Å². The van der Waals surface area contributed by atoms with E-state index in [1.807, 2.05) is 6.07 Å². The fraction of sp³-hybridized carbons (Fsp3) is 0.500. The summed E-state index contributed by atoms with van der Waals surface area (Å²) in [6.07, 6.45) is 1.07. The molecule has 1 N–H and O–H groups in total. The number of aromatic nitrogens is 2. The number of nitrogens with zero attached hydrogens (tertiary/aromatic N) is 2. The van der Waals surface area contributed by atoms with Crippen LogP contribution in [-0.4, -0.2) is 16.7 Å². The SMILES string of the molecule is CCNCc1nnc(C(c2ccccc2)C(C)CC)o1. The van der Waals surface area contributed by atoms with Crippen molar-refractivity contribution in [1.82, 2.24) is 15.5 Å². The third-order valence-corrected chi connectivity index (χ3v) is 3.65. The zero-order valence-corrected chi connectivity index (χ0v) is 12.5. The summed E-state index contributed by atoms with van der Waals surface area (Å²) in [6, 6.07) is 10.4. The van der Waals surface area contributed by atoms with E-state index in [0.717, 1.165) is 18.9 Å². The molecule has 0 saturated heterocycles. The highest BCUT2D eigenvalue weighted by atomic mass is 16.4. The van der Waals surface area contributed by atoms with Crippen molar-refractivity contribution in [3.05, 3.63) is 47.7 Å². The van der Waals surface area contributed by atoms with E-state index >= 15 is 0 Å². The van der Waals surface area contributed by atoms with Crippen LogP contribution in [0.2, 0.25) is 0 Å². The maximum absolute atomic E-state index is 5.84. The molecule has 2 aromatic rings. The maximum Gasteiger partial charge on any atom is 0.230 e. The van der Waals surface area contributed by atoms with Crippen LogP contribution in [0, 0.1) is 5.92 Å². The van der Waals surface area contributed by atoms with Crippen LogP contribution in [0.5, 0.6) is 0 Å². The Kier molecular flexibility index (Phi) is 5.30. The highest BCUT2D eigenvalue weighted by Crippen LogP contribution is 2.32. The molecule has 1 heterocycles. The first-order valence-corrected chi connectivity index (χ1v) is 7.34. The predicted octanol–water partition coefficient (Wildman–Crippen LogP) is 3.36. The normalized spacial score (nSPS) is 14.2. The minimum absolute atomic E-state index is 0.170. The van der Waals surface area contributed by atoms with Crippen LogP contribution in [0.1, 0.15) is 50.5 Å². The minimum Gasteiger partial charge on any atom is -0.423 e. The predicted molar refractivity (Wildman–Crippen MR) is 79.4 cm³/mol. The summed E-state index contributed by atoms with van der Waals surface area (Å²) in [7, 11) is 0. The summed E-state index contributed by atoms with van der Waals surface area (Å²) >= 11 is 0. The third kappa shape index (κ3) is 3.45. The van der Waals surface area contributed by atoms with Crippen molar-refractivity contribution in [1.29, 1.82) is 0 Å². The average molecular weight is 273 g/mol. The van der Waals surface area contributed by atoms with Crippen molar-refractivity contribution in [3.8, 4) is 0 Å². The van der Waals surface area contributed by atoms with Crippen molar-refractivity contribution in [2.75, 3.05) is 6.54 Å². The molecule has 108 valence electrons. The monoisotopic (exact) mass is 273 g/mol. The van der Waals surface area contributed by atoms with E-state index in [-0.39, 0.29) is 5.92 Å². The standard InChI is InChI=1S/C16H23N3O/c1-4-12(3)15(13-9-7-6-8-10-13)16-19-18-14(20-16)11-17-5-2/h6-10,12,15,17H,4-5,11H2,1-3H3. The van der Waals surface area contributed by atoms with E-state index in [2.05, 4.69) is 60.6 Å². The highest BCUT2D eigenvalue weighted by Gasteiger charge is 2.25. The molecule has 0 aliphatic heterocycles. The molecular weight excluding hydrogens is 250 g/mol. The van der Waals surface area contributed by atoms with Gasteiger partial charge in [-0.25, -0.2) is 0 Å². The van der Waals surface area contributed by atoms with Gasteiger partial charge in [0.05, 0.1) is 12.5 Å². The largest absolute Gasteiger partial charge is 0.423 e. The van der Waals surface area contributed by atoms with E-state index in [9.17, 15) is 0 Å². The van der Waals surface area contributed by atoms with E-state index in [0.29, 0.717) is 18.4 Å². The lowest BCUT2D eigenvalue weighted by atomic mass is 9.85. The lowest BCUT2D eigenvalue weighted by molar-refractivity contribution is 0.371. The first kappa shape index (κ1) is 14.7. The molecule has 0 aliphatic rings. The van der Waals surface area contributed by atoms with Crippen molar-refractivity contribution >= 4 is 0 Å². The molecule has 2 unspecified atom stereocenters. The van der Waals surface area contributed by atoms with Gasteiger partial charge in [-0.1, -0.05) is 57.5 Å². The second kappa shape index (κ2) is 7.20. The van der Waals surface area contributed by atoms with E-state index in [1.54, 1.807) is 0 Å². The van der Waals surface area contributed by atoms with E-state index in [4.69, 9.17) is 4.42 Å². The molecule has 0 fully saturated rings. The van der Waals surface area contributed by atoms with Crippen LogP contribution in [-0.2, 0) is 6.54 Å². The van der Waals surface area contributed by atoms with Crippen LogP contribution >= 0.6 is 0 Å². The number of hydrogen-bond acceptors (Lipinski definition) is 4. The van der Waals surface area contributed by atoms with Gasteiger partial charge >= 0.3 is 0 Å². The van der Waals surface area contributed by atoms with Gasteiger partial charge in [-0.05, 0) is 18.0 Å². The topological polar surface area (TPSA) is 51.0 Å². The van der Waals surface area contributed by atoms with Gasteiger partial charge in [0, 0.05) is 0 Å². The molecule has 1 aromatic carbocycles. The summed E-state index contributed by atoms with van der Waals surface area (Å²) in [5.41, 5.74) is 1.24. The molecule has 0 aliphatic carbocycles. The summed E-state index contributed by atoms with van der Waals surface area (Å²) in [5, 5.41) is 11.6. The summed E-state index contributed by atoms with van der Waals surface area (Å²) < 4.78 is 5.84. The molecule has 4 nitrogen and oxygen atoms in total. The zero-order chi connectivity index (χ0) is 14.4. The number of hydrogen-bond donors (Lipinski definition) is 1. The van der Waals surface area contributed by atoms with Gasteiger partial charge < -0.3 is 9.73 Å². The Bertz CT molecular complexity index is 509. The first-order valence-electron chi connectivity index (χ1n) is 7.34.